The Morgan fingerprint density at radius 2 is 0.305 bits per heavy atom. The first-order valence-electron chi connectivity index (χ1n) is 74.2. The molecule has 22 rings (SSSR count). The molecule has 0 saturated carbocycles. The van der Waals surface area contributed by atoms with Crippen LogP contribution >= 0.6 is 0 Å². The molecule has 22 aromatic carbocycles. The summed E-state index contributed by atoms with van der Waals surface area (Å²) in [4.78, 5) is 0. The number of rotatable bonds is 12. The molecule has 0 aromatic heterocycles. The lowest BCUT2D eigenvalue weighted by Crippen LogP contribution is -1.93. The van der Waals surface area contributed by atoms with Gasteiger partial charge in [0.15, 0.2) is 0 Å². The van der Waals surface area contributed by atoms with E-state index >= 15 is 0 Å². The van der Waals surface area contributed by atoms with Crippen molar-refractivity contribution in [2.75, 3.05) is 0 Å². The third-order valence-electron chi connectivity index (χ3n) is 17.9. The van der Waals surface area contributed by atoms with Crippen LogP contribution in [0.1, 0.15) is 110 Å². The Morgan fingerprint density at radius 3 is 0.653 bits per heavy atom. The van der Waals surface area contributed by atoms with E-state index in [9.17, 15) is 26.0 Å². The molecule has 0 bridgehead atoms. The number of hydrogen-bond donors (Lipinski definition) is 0. The highest BCUT2D eigenvalue weighted by Crippen LogP contribution is 2.52. The highest BCUT2D eigenvalue weighted by molar-refractivity contribution is 6.26. The zero-order valence-electron chi connectivity index (χ0n) is 139. The van der Waals surface area contributed by atoms with Crippen molar-refractivity contribution in [3.8, 4) is 134 Å². The van der Waals surface area contributed by atoms with Crippen LogP contribution in [-0.2, 0) is 0 Å². The summed E-state index contributed by atoms with van der Waals surface area (Å²) in [6.07, 6.45) is 0. The maximum atomic E-state index is 10.1. The van der Waals surface area contributed by atoms with E-state index in [1.165, 1.54) is 0 Å². The predicted octanol–water partition coefficient (Wildman–Crippen LogP) is 33.1. The number of fused-ring (bicyclic) bond motifs is 7. The van der Waals surface area contributed by atoms with Gasteiger partial charge in [0.1, 0.15) is 0 Å². The highest BCUT2D eigenvalue weighted by Gasteiger charge is 2.24. The van der Waals surface area contributed by atoms with Crippen LogP contribution < -0.4 is 0 Å². The van der Waals surface area contributed by atoms with Gasteiger partial charge in [0.2, 0.25) is 0 Å². The van der Waals surface area contributed by atoms with Crippen LogP contribution in [0, 0.1) is 0 Å². The van der Waals surface area contributed by atoms with Crippen molar-refractivity contribution < 1.29 is 110 Å². The van der Waals surface area contributed by atoms with Crippen LogP contribution in [0.3, 0.4) is 0 Å². The molecule has 0 amide bonds. The van der Waals surface area contributed by atoms with E-state index in [4.69, 9.17) is 83.6 Å². The van der Waals surface area contributed by atoms with Crippen molar-refractivity contribution in [3.63, 3.8) is 0 Å². The molecule has 0 heteroatoms. The summed E-state index contributed by atoms with van der Waals surface area (Å²) in [5.41, 5.74) is -20.4. The van der Waals surface area contributed by atoms with Gasteiger partial charge in [0.05, 0.1) is 110 Å². The number of benzene rings is 22. The summed E-state index contributed by atoms with van der Waals surface area (Å²) in [5.74, 6) is 0. The number of hydrogen-bond acceptors (Lipinski definition) is 0. The molecule has 0 radical (unpaired) electrons. The molecule has 0 N–H and O–H groups in total. The first kappa shape index (κ1) is 26.1. The average molecular weight is 1580 g/mol. The molecule has 0 saturated heterocycles. The summed E-state index contributed by atoms with van der Waals surface area (Å²) in [7, 11) is 0. The zero-order valence-corrected chi connectivity index (χ0v) is 59.0. The molecule has 0 aliphatic rings. The highest BCUT2D eigenvalue weighted by atomic mass is 14.3. The predicted molar refractivity (Wildman–Crippen MR) is 507 cm³/mol. The third-order valence-corrected chi connectivity index (χ3v) is 17.9. The lowest BCUT2D eigenvalue weighted by Gasteiger charge is -2.20. The molecule has 0 atom stereocenters. The molecular formula is C118H80. The van der Waals surface area contributed by atoms with Gasteiger partial charge in [-0.25, -0.2) is 0 Å². The Balaban J connectivity index is 0.000000170. The van der Waals surface area contributed by atoms with Gasteiger partial charge in [-0.2, -0.15) is 0 Å². The quantitative estimate of drug-likeness (QED) is 0.107. The molecule has 22 aromatic rings. The van der Waals surface area contributed by atoms with Crippen molar-refractivity contribution in [2.45, 2.75) is 0 Å². The fourth-order valence-corrected chi connectivity index (χ4v) is 13.1. The standard InChI is InChI=1S/C42H28.2C38H26/c1-3-14-29(15-4-1)34-21-9-10-22-36(34)42-38-24-12-11-23-37(38)41(31-17-5-2-6-18-31)40-28-32(26-27-39(40)42)35-25-13-19-30-16-7-8-20-33(30)35;1-4-14-27(15-5-1)30-24-25-35-36(26-30)37(29-18-8-3-9-19-29)33-22-12-13-23-34(33)38(35)32-21-11-10-20-31(32)28-16-6-2-7-17-28;1-4-14-27(15-5-1)30-24-25-35-36(26-30)38(32-21-11-10-20-31(32)28-16-6-2-7-17-28)34-23-13-12-22-33(34)37(35)29-18-8-3-9-19-29/h1-28H;2*1-26H/i1D,2D,3D,4D,5D,6D,7D,8D,9D,10D,11D,12D,13D,14D,15D,16D,17D,18D,19D,20D,21D,22D,23D,24D,25D,26D,27D,28D;2*1D,2D,3D,4D,5D,6D,7D,8D,9D,10D,11D,12D,13D,14D,15D,16D,17D,18D,19D,20D,21D,22D,23D,24D,25D,26D. The van der Waals surface area contributed by atoms with E-state index in [1.54, 1.807) is 0 Å². The summed E-state index contributed by atoms with van der Waals surface area (Å²) >= 11 is 0. The molecule has 0 unspecified atom stereocenters. The van der Waals surface area contributed by atoms with Gasteiger partial charge in [0.25, 0.3) is 0 Å². The topological polar surface area (TPSA) is 0 Å². The van der Waals surface area contributed by atoms with Gasteiger partial charge >= 0.3 is 0 Å². The zero-order chi connectivity index (χ0) is 148. The largest absolute Gasteiger partial charge is 0.0636 e. The molecule has 0 aliphatic heterocycles. The summed E-state index contributed by atoms with van der Waals surface area (Å²) in [6.45, 7) is 0. The van der Waals surface area contributed by atoms with E-state index in [-0.39, 0.29) is 0 Å². The van der Waals surface area contributed by atoms with Gasteiger partial charge in [0, 0.05) is 0 Å². The molecule has 0 spiro atoms. The van der Waals surface area contributed by atoms with E-state index in [1.807, 2.05) is 0 Å². The lowest BCUT2D eigenvalue weighted by molar-refractivity contribution is 1.60. The van der Waals surface area contributed by atoms with Crippen LogP contribution in [0.2, 0.25) is 0 Å². The average Bonchev–Trinajstić information content (AvgIpc) is 0.680. The van der Waals surface area contributed by atoms with E-state index < -0.39 is 692 Å². The second kappa shape index (κ2) is 32.3. The van der Waals surface area contributed by atoms with Crippen molar-refractivity contribution in [1.82, 2.24) is 0 Å². The maximum Gasteiger partial charge on any atom is 0.0636 e. The van der Waals surface area contributed by atoms with Gasteiger partial charge in [-0.3, -0.25) is 0 Å². The van der Waals surface area contributed by atoms with Crippen molar-refractivity contribution in [3.05, 3.63) is 483 Å². The normalized spacial score (nSPS) is 20.7. The second-order valence-electron chi connectivity index (χ2n) is 24.2. The van der Waals surface area contributed by atoms with Crippen LogP contribution in [0.4, 0.5) is 0 Å². The van der Waals surface area contributed by atoms with Gasteiger partial charge in [-0.05, 0) is 227 Å². The minimum atomic E-state index is -1.16. The molecule has 0 heterocycles. The molecular weight excluding hydrogens is 1420 g/mol. The van der Waals surface area contributed by atoms with Gasteiger partial charge in [-0.1, -0.05) is 465 Å². The lowest BCUT2D eigenvalue weighted by atomic mass is 9.83. The second-order valence-corrected chi connectivity index (χ2v) is 24.2. The van der Waals surface area contributed by atoms with E-state index in [2.05, 4.69) is 0 Å². The van der Waals surface area contributed by atoms with E-state index in [0.29, 0.717) is 0 Å². The third kappa shape index (κ3) is 13.6. The van der Waals surface area contributed by atoms with Crippen molar-refractivity contribution in [2.24, 2.45) is 0 Å². The van der Waals surface area contributed by atoms with Crippen LogP contribution in [0.5, 0.6) is 0 Å². The first-order valence-corrected chi connectivity index (χ1v) is 34.2. The Labute approximate surface area is 801 Å². The SMILES string of the molecule is [2H]c1c([2H])c([2H])c(-c2c([2H])c([2H])c([2H])c([2H])c2-c2c3c([2H])c([2H])c([2H])c([2H])c3c(-c3c([2H])c([2H])c([2H])c([2H])c3[2H])c3c([2H])c(-c4c([2H])c([2H])c([2H])c([2H])c4[2H])c([2H])c([2H])c23)c([2H])c1[2H].[2H]c1c([2H])c([2H])c(-c2c([2H])c([2H])c([2H])c([2H])c2-c2c3c([2H])c([2H])c([2H])c([2H])c3c(-c3c([2H])c([2H])c([2H])c([2H])c3[2H])c3c([2H])c(-c4c([2H])c([2H])c([2H])c5c([2H])c([2H])c([2H])c([2H])c45)c([2H])c([2H])c23)c([2H])c1[2H].[2H]c1c([2H])c([2H])c(-c2c([2H])c([2H])c([2H])c([2H])c2-c2c3c([2H])c([2H])c([2H])c([2H])c3c(-c3c([2H])c([2H])c([2H])c([2H])c3[2H])c3c([2H])c([2H])c(-c4c([2H])c([2H])c([2H])c([2H])c4[2H])c([2H])c23)c([2H])c1[2H]. The van der Waals surface area contributed by atoms with E-state index in [0.717, 1.165) is 0 Å². The molecule has 0 aliphatic carbocycles. The first-order chi connectivity index (χ1) is 91.9. The van der Waals surface area contributed by atoms with Crippen molar-refractivity contribution in [1.29, 1.82) is 0 Å². The fourth-order valence-electron chi connectivity index (χ4n) is 13.1. The van der Waals surface area contributed by atoms with Crippen LogP contribution in [-0.4, -0.2) is 0 Å². The Morgan fingerprint density at radius 1 is 0.102 bits per heavy atom. The Hall–Kier alpha value is -15.3. The Kier molecular flexibility index (Phi) is 7.13. The summed E-state index contributed by atoms with van der Waals surface area (Å²) in [5, 5.41) is -11.2. The molecule has 118 heavy (non-hydrogen) atoms. The summed E-state index contributed by atoms with van der Waals surface area (Å²) < 4.78 is 709. The van der Waals surface area contributed by atoms with Gasteiger partial charge in [-0.15, -0.1) is 0 Å². The maximum absolute atomic E-state index is 10.1. The van der Waals surface area contributed by atoms with Crippen LogP contribution in [0.25, 0.3) is 209 Å². The minimum Gasteiger partial charge on any atom is -0.0622 e. The smallest absolute Gasteiger partial charge is 0.0622 e. The monoisotopic (exact) mass is 1580 g/mol. The summed E-state index contributed by atoms with van der Waals surface area (Å²) in [6, 6.07) is -80.6. The minimum absolute atomic E-state index is 0.657. The molecule has 0 fully saturated rings. The van der Waals surface area contributed by atoms with Gasteiger partial charge < -0.3 is 0 Å². The van der Waals surface area contributed by atoms with Crippen molar-refractivity contribution >= 4 is 75.4 Å². The Bertz CT molecular complexity index is 12400. The van der Waals surface area contributed by atoms with Crippen LogP contribution in [0.15, 0.2) is 483 Å². The fraction of sp³-hybridized carbons (Fsp3) is 0. The molecule has 552 valence electrons. The molecule has 0 nitrogen and oxygen atoms in total.